The molecule has 6 aliphatic heterocycles. The second-order valence-electron chi connectivity index (χ2n) is 9.11. The Hall–Kier alpha value is 0.110. The summed E-state index contributed by atoms with van der Waals surface area (Å²) >= 11 is 2.23. The molecule has 0 radical (unpaired) electrons. The Balaban J connectivity index is 1.41. The van der Waals surface area contributed by atoms with Crippen LogP contribution in [0.4, 0.5) is 0 Å². The normalized spacial score (nSPS) is 45.6. The third kappa shape index (κ3) is 2.31. The van der Waals surface area contributed by atoms with Gasteiger partial charge in [0.05, 0.1) is 17.6 Å². The Bertz CT molecular complexity index is 526. The first-order valence-electron chi connectivity index (χ1n) is 11.2. The van der Waals surface area contributed by atoms with Gasteiger partial charge < -0.3 is 14.8 Å². The molecule has 0 aromatic rings. The molecule has 0 saturated carbocycles. The Morgan fingerprint density at radius 3 is 1.89 bits per heavy atom. The minimum atomic E-state index is 0.106. The van der Waals surface area contributed by atoms with Crippen molar-refractivity contribution in [1.82, 2.24) is 20.0 Å². The second-order valence-corrected chi connectivity index (χ2v) is 10.5. The van der Waals surface area contributed by atoms with E-state index in [4.69, 9.17) is 9.47 Å². The van der Waals surface area contributed by atoms with Crippen molar-refractivity contribution < 1.29 is 9.47 Å². The summed E-state index contributed by atoms with van der Waals surface area (Å²) < 4.78 is 12.6. The van der Waals surface area contributed by atoms with Gasteiger partial charge in [-0.15, -0.1) is 11.8 Å². The summed E-state index contributed by atoms with van der Waals surface area (Å²) in [6.45, 7) is 11.6. The minimum Gasteiger partial charge on any atom is -0.376 e. The smallest absolute Gasteiger partial charge is 0.120 e. The van der Waals surface area contributed by atoms with Crippen molar-refractivity contribution in [2.75, 3.05) is 65.6 Å². The summed E-state index contributed by atoms with van der Waals surface area (Å²) in [7, 11) is 0. The van der Waals surface area contributed by atoms with Crippen LogP contribution in [0.5, 0.6) is 0 Å². The van der Waals surface area contributed by atoms with Gasteiger partial charge in [-0.2, -0.15) is 0 Å². The lowest BCUT2D eigenvalue weighted by molar-refractivity contribution is -0.260. The van der Waals surface area contributed by atoms with Gasteiger partial charge in [-0.05, 0) is 38.6 Å². The highest BCUT2D eigenvalue weighted by molar-refractivity contribution is 8.03. The van der Waals surface area contributed by atoms with E-state index in [2.05, 4.69) is 31.8 Å². The van der Waals surface area contributed by atoms with Crippen molar-refractivity contribution in [1.29, 1.82) is 0 Å². The Labute approximate surface area is 167 Å². The van der Waals surface area contributed by atoms with E-state index in [0.29, 0.717) is 17.6 Å². The first-order chi connectivity index (χ1) is 13.4. The van der Waals surface area contributed by atoms with Crippen LogP contribution in [0.15, 0.2) is 0 Å². The number of nitrogens with one attached hydrogen (secondary N) is 1. The fourth-order valence-electron chi connectivity index (χ4n) is 6.22. The lowest BCUT2D eigenvalue weighted by Gasteiger charge is -2.78. The molecule has 6 nitrogen and oxygen atoms in total. The number of nitrogens with zero attached hydrogens (tertiary/aromatic N) is 3. The van der Waals surface area contributed by atoms with E-state index in [9.17, 15) is 0 Å². The highest BCUT2D eigenvalue weighted by Crippen LogP contribution is 2.68. The summed E-state index contributed by atoms with van der Waals surface area (Å²) in [6, 6.07) is 0. The molecule has 0 amide bonds. The van der Waals surface area contributed by atoms with Gasteiger partial charge in [0.2, 0.25) is 0 Å². The maximum atomic E-state index is 6.26. The van der Waals surface area contributed by atoms with Crippen molar-refractivity contribution in [2.45, 2.75) is 60.1 Å². The zero-order valence-electron chi connectivity index (χ0n) is 16.4. The van der Waals surface area contributed by atoms with Gasteiger partial charge in [-0.25, -0.2) is 0 Å². The molecule has 3 unspecified atom stereocenters. The van der Waals surface area contributed by atoms with Gasteiger partial charge in [-0.3, -0.25) is 14.7 Å². The van der Waals surface area contributed by atoms with Gasteiger partial charge in [0.1, 0.15) is 10.4 Å². The summed E-state index contributed by atoms with van der Waals surface area (Å²) in [5.74, 6) is 0. The van der Waals surface area contributed by atoms with Crippen molar-refractivity contribution in [2.24, 2.45) is 0 Å². The molecule has 0 bridgehead atoms. The van der Waals surface area contributed by atoms with E-state index < -0.39 is 0 Å². The molecule has 1 N–H and O–H groups in total. The fourth-order valence-corrected chi connectivity index (χ4v) is 8.64. The second kappa shape index (κ2) is 6.83. The number of hydrogen-bond acceptors (Lipinski definition) is 7. The molecule has 6 rings (SSSR count). The van der Waals surface area contributed by atoms with Crippen LogP contribution in [0.25, 0.3) is 0 Å². The van der Waals surface area contributed by atoms with Crippen molar-refractivity contribution >= 4 is 11.8 Å². The van der Waals surface area contributed by atoms with Gasteiger partial charge in [-0.1, -0.05) is 0 Å². The van der Waals surface area contributed by atoms with Crippen LogP contribution in [0, 0.1) is 0 Å². The monoisotopic (exact) mass is 394 g/mol. The molecule has 0 aromatic heterocycles. The standard InChI is InChI=1S/C20H34N4O2S/c1-6-21-7-13-22(8-1)18-20(23-9-2-10-23,24-11-3-12-24)19(27-18,16-4-14-25-16)17-5-15-26-17/h16-18,21H,1-15H2. The van der Waals surface area contributed by atoms with Crippen molar-refractivity contribution in [3.05, 3.63) is 0 Å². The molecule has 6 aliphatic rings. The number of hydrogen-bond donors (Lipinski definition) is 1. The van der Waals surface area contributed by atoms with E-state index in [1.54, 1.807) is 0 Å². The van der Waals surface area contributed by atoms with E-state index in [-0.39, 0.29) is 10.4 Å². The summed E-state index contributed by atoms with van der Waals surface area (Å²) in [5, 5.41) is 4.17. The van der Waals surface area contributed by atoms with Crippen molar-refractivity contribution in [3.8, 4) is 0 Å². The predicted molar refractivity (Wildman–Crippen MR) is 107 cm³/mol. The van der Waals surface area contributed by atoms with Gasteiger partial charge >= 0.3 is 0 Å². The first kappa shape index (κ1) is 17.9. The molecule has 0 aliphatic carbocycles. The molecule has 0 aromatic carbocycles. The van der Waals surface area contributed by atoms with Gasteiger partial charge in [0.15, 0.2) is 0 Å². The third-order valence-electron chi connectivity index (χ3n) is 7.96. The fraction of sp³-hybridized carbons (Fsp3) is 1.00. The molecule has 0 spiro atoms. The molecule has 6 saturated heterocycles. The summed E-state index contributed by atoms with van der Waals surface area (Å²) in [5.41, 5.74) is 0.120. The number of ether oxygens (including phenoxy) is 2. The first-order valence-corrected chi connectivity index (χ1v) is 12.1. The Morgan fingerprint density at radius 2 is 1.41 bits per heavy atom. The van der Waals surface area contributed by atoms with Gasteiger partial charge in [0.25, 0.3) is 0 Å². The van der Waals surface area contributed by atoms with E-state index >= 15 is 0 Å². The Kier molecular flexibility index (Phi) is 4.53. The van der Waals surface area contributed by atoms with E-state index in [0.717, 1.165) is 26.3 Å². The molecule has 6 heterocycles. The van der Waals surface area contributed by atoms with Crippen LogP contribution in [0.2, 0.25) is 0 Å². The number of likely N-dealkylation sites (tertiary alicyclic amines) is 2. The summed E-state index contributed by atoms with van der Waals surface area (Å²) in [4.78, 5) is 8.49. The molecule has 3 atom stereocenters. The average molecular weight is 395 g/mol. The lowest BCUT2D eigenvalue weighted by Crippen LogP contribution is -2.93. The van der Waals surface area contributed by atoms with Crippen LogP contribution in [-0.4, -0.2) is 108 Å². The van der Waals surface area contributed by atoms with Crippen molar-refractivity contribution in [3.63, 3.8) is 0 Å². The molecule has 27 heavy (non-hydrogen) atoms. The zero-order chi connectivity index (χ0) is 17.9. The van der Waals surface area contributed by atoms with Crippen LogP contribution >= 0.6 is 11.8 Å². The molecular formula is C20H34N4O2S. The number of rotatable bonds is 5. The highest BCUT2D eigenvalue weighted by Gasteiger charge is 2.80. The molecule has 152 valence electrons. The van der Waals surface area contributed by atoms with Crippen LogP contribution in [0.3, 0.4) is 0 Å². The van der Waals surface area contributed by atoms with E-state index in [1.165, 1.54) is 71.4 Å². The topological polar surface area (TPSA) is 40.2 Å². The minimum absolute atomic E-state index is 0.106. The van der Waals surface area contributed by atoms with Crippen LogP contribution in [0.1, 0.15) is 32.1 Å². The molecule has 6 fully saturated rings. The maximum Gasteiger partial charge on any atom is 0.120 e. The number of thioether (sulfide) groups is 1. The van der Waals surface area contributed by atoms with Crippen LogP contribution < -0.4 is 5.32 Å². The lowest BCUT2D eigenvalue weighted by atomic mass is 9.70. The SMILES string of the molecule is C1CNCCN(C2SC(C3CCO3)(C3CCO3)C2(N2CCC2)N2CCC2)C1. The molecular weight excluding hydrogens is 360 g/mol. The van der Waals surface area contributed by atoms with E-state index in [1.807, 2.05) is 0 Å². The maximum absolute atomic E-state index is 6.26. The predicted octanol–water partition coefficient (Wildman–Crippen LogP) is 0.779. The largest absolute Gasteiger partial charge is 0.376 e. The Morgan fingerprint density at radius 1 is 0.778 bits per heavy atom. The van der Waals surface area contributed by atoms with Crippen LogP contribution in [-0.2, 0) is 9.47 Å². The quantitative estimate of drug-likeness (QED) is 0.739. The highest BCUT2D eigenvalue weighted by atomic mass is 32.2. The molecule has 7 heteroatoms. The van der Waals surface area contributed by atoms with Gasteiger partial charge in [0, 0.05) is 59.0 Å². The average Bonchev–Trinajstić information content (AvgIpc) is 2.73. The zero-order valence-corrected chi connectivity index (χ0v) is 17.2. The summed E-state index contributed by atoms with van der Waals surface area (Å²) in [6.07, 6.45) is 7.13. The third-order valence-corrected chi connectivity index (χ3v) is 10.0.